The quantitative estimate of drug-likeness (QED) is 0.679. The van der Waals surface area contributed by atoms with Crippen LogP contribution in [-0.2, 0) is 11.3 Å². The van der Waals surface area contributed by atoms with Crippen molar-refractivity contribution in [2.24, 2.45) is 0 Å². The van der Waals surface area contributed by atoms with Crippen molar-refractivity contribution in [2.45, 2.75) is 23.8 Å². The van der Waals surface area contributed by atoms with Gasteiger partial charge in [-0.1, -0.05) is 23.9 Å². The van der Waals surface area contributed by atoms with Crippen LogP contribution in [0.3, 0.4) is 0 Å². The number of hydrogen-bond acceptors (Lipinski definition) is 4. The van der Waals surface area contributed by atoms with Crippen molar-refractivity contribution in [1.82, 2.24) is 14.5 Å². The Bertz CT molecular complexity index is 821. The number of carbonyl (C=O) groups is 1. The first-order valence-corrected chi connectivity index (χ1v) is 9.45. The average Bonchev–Trinajstić information content (AvgIpc) is 3.19. The van der Waals surface area contributed by atoms with Crippen LogP contribution in [0.25, 0.3) is 10.2 Å². The first-order chi connectivity index (χ1) is 11.2. The molecule has 0 saturated carbocycles. The number of amides is 1. The van der Waals surface area contributed by atoms with Gasteiger partial charge in [-0.3, -0.25) is 4.79 Å². The summed E-state index contributed by atoms with van der Waals surface area (Å²) >= 11 is 3.20. The molecule has 0 spiro atoms. The Hall–Kier alpha value is -1.79. The van der Waals surface area contributed by atoms with E-state index in [0.717, 1.165) is 22.9 Å². The summed E-state index contributed by atoms with van der Waals surface area (Å²) in [4.78, 5) is 19.2. The molecule has 23 heavy (non-hydrogen) atoms. The first kappa shape index (κ1) is 14.8. The molecule has 3 aromatic rings. The molecule has 0 saturated heterocycles. The lowest BCUT2D eigenvalue weighted by Crippen LogP contribution is -2.41. The van der Waals surface area contributed by atoms with E-state index >= 15 is 0 Å². The number of fused-ring (bicyclic) bond motifs is 2. The zero-order valence-electron chi connectivity index (χ0n) is 12.8. The highest BCUT2D eigenvalue weighted by Gasteiger charge is 2.27. The molecule has 1 aromatic carbocycles. The van der Waals surface area contributed by atoms with Gasteiger partial charge in [0.1, 0.15) is 0 Å². The number of thiazole rings is 1. The van der Waals surface area contributed by atoms with Crippen LogP contribution in [0.1, 0.15) is 18.7 Å². The highest BCUT2D eigenvalue weighted by atomic mass is 32.2. The molecule has 118 valence electrons. The van der Waals surface area contributed by atoms with Gasteiger partial charge < -0.3 is 9.47 Å². The van der Waals surface area contributed by atoms with Crippen LogP contribution in [-0.4, -0.2) is 32.7 Å². The molecule has 4 rings (SSSR count). The summed E-state index contributed by atoms with van der Waals surface area (Å²) in [5.74, 6) is 0.638. The Labute approximate surface area is 143 Å². The molecule has 6 heteroatoms. The summed E-state index contributed by atoms with van der Waals surface area (Å²) in [6.45, 7) is 3.76. The summed E-state index contributed by atoms with van der Waals surface area (Å²) in [7, 11) is 0. The number of rotatable bonds is 3. The summed E-state index contributed by atoms with van der Waals surface area (Å²) in [5.41, 5.74) is 2.23. The lowest BCUT2D eigenvalue weighted by molar-refractivity contribution is -0.131. The van der Waals surface area contributed by atoms with Crippen molar-refractivity contribution in [3.8, 4) is 0 Å². The largest absolute Gasteiger partial charge is 0.348 e. The second kappa shape index (κ2) is 6.02. The minimum atomic E-state index is 0.141. The molecule has 2 aromatic heterocycles. The van der Waals surface area contributed by atoms with Crippen molar-refractivity contribution in [2.75, 3.05) is 12.3 Å². The number of hydrogen-bond donors (Lipinski definition) is 0. The van der Waals surface area contributed by atoms with Crippen molar-refractivity contribution >= 4 is 39.2 Å². The third-order valence-corrected chi connectivity index (χ3v) is 6.42. The highest BCUT2D eigenvalue weighted by molar-refractivity contribution is 8.01. The maximum atomic E-state index is 12.6. The second-order valence-corrected chi connectivity index (χ2v) is 7.88. The molecule has 0 unspecified atom stereocenters. The minimum absolute atomic E-state index is 0.141. The number of aromatic nitrogens is 2. The standard InChI is InChI=1S/C17H17N3OS2/c1-12-14-6-4-8-19(14)9-10-20(12)16(21)11-22-17-18-13-5-2-3-7-15(13)23-17/h2-8,12H,9-11H2,1H3/t12-/m0/s1. The molecule has 1 amide bonds. The fraction of sp³-hybridized carbons (Fsp3) is 0.294. The van der Waals surface area contributed by atoms with Crippen molar-refractivity contribution in [3.05, 3.63) is 48.3 Å². The SMILES string of the molecule is C[C@H]1c2cccn2CCN1C(=O)CSc1nc2ccccc2s1. The average molecular weight is 343 g/mol. The second-order valence-electron chi connectivity index (χ2n) is 5.63. The van der Waals surface area contributed by atoms with Gasteiger partial charge in [-0.15, -0.1) is 11.3 Å². The zero-order valence-corrected chi connectivity index (χ0v) is 14.4. The van der Waals surface area contributed by atoms with E-state index in [1.807, 2.05) is 23.1 Å². The van der Waals surface area contributed by atoms with E-state index in [0.29, 0.717) is 5.75 Å². The lowest BCUT2D eigenvalue weighted by Gasteiger charge is -2.34. The molecule has 0 bridgehead atoms. The number of benzene rings is 1. The lowest BCUT2D eigenvalue weighted by atomic mass is 10.1. The van der Waals surface area contributed by atoms with Gasteiger partial charge in [0.25, 0.3) is 0 Å². The van der Waals surface area contributed by atoms with Crippen molar-refractivity contribution in [3.63, 3.8) is 0 Å². The third-order valence-electron chi connectivity index (χ3n) is 4.26. The molecule has 3 heterocycles. The van der Waals surface area contributed by atoms with Crippen LogP contribution >= 0.6 is 23.1 Å². The fourth-order valence-corrected chi connectivity index (χ4v) is 4.99. The predicted molar refractivity (Wildman–Crippen MR) is 94.9 cm³/mol. The van der Waals surface area contributed by atoms with Crippen LogP contribution in [0.15, 0.2) is 46.9 Å². The van der Waals surface area contributed by atoms with Gasteiger partial charge in [0, 0.05) is 25.0 Å². The van der Waals surface area contributed by atoms with Crippen molar-refractivity contribution in [1.29, 1.82) is 0 Å². The van der Waals surface area contributed by atoms with Gasteiger partial charge in [0.15, 0.2) is 4.34 Å². The molecule has 0 radical (unpaired) electrons. The van der Waals surface area contributed by atoms with Crippen LogP contribution in [0, 0.1) is 0 Å². The maximum Gasteiger partial charge on any atom is 0.233 e. The number of para-hydroxylation sites is 1. The van der Waals surface area contributed by atoms with E-state index in [4.69, 9.17) is 0 Å². The van der Waals surface area contributed by atoms with Crippen LogP contribution < -0.4 is 0 Å². The minimum Gasteiger partial charge on any atom is -0.348 e. The third kappa shape index (κ3) is 2.77. The van der Waals surface area contributed by atoms with Gasteiger partial charge in [0.05, 0.1) is 22.0 Å². The zero-order chi connectivity index (χ0) is 15.8. The molecular formula is C17H17N3OS2. The smallest absolute Gasteiger partial charge is 0.233 e. The van der Waals surface area contributed by atoms with E-state index in [-0.39, 0.29) is 11.9 Å². The summed E-state index contributed by atoms with van der Waals surface area (Å²) < 4.78 is 4.37. The van der Waals surface area contributed by atoms with E-state index in [1.165, 1.54) is 10.4 Å². The number of carbonyl (C=O) groups excluding carboxylic acids is 1. The van der Waals surface area contributed by atoms with E-state index in [1.54, 1.807) is 23.1 Å². The molecule has 1 atom stereocenters. The Morgan fingerprint density at radius 3 is 3.04 bits per heavy atom. The topological polar surface area (TPSA) is 38.1 Å². The van der Waals surface area contributed by atoms with E-state index in [2.05, 4.69) is 40.9 Å². The maximum absolute atomic E-state index is 12.6. The molecule has 0 aliphatic carbocycles. The highest BCUT2D eigenvalue weighted by Crippen LogP contribution is 2.31. The van der Waals surface area contributed by atoms with Gasteiger partial charge in [-0.2, -0.15) is 0 Å². The van der Waals surface area contributed by atoms with Gasteiger partial charge >= 0.3 is 0 Å². The van der Waals surface area contributed by atoms with Gasteiger partial charge in [0.2, 0.25) is 5.91 Å². The number of thioether (sulfide) groups is 1. The van der Waals surface area contributed by atoms with E-state index in [9.17, 15) is 4.79 Å². The van der Waals surface area contributed by atoms with Gasteiger partial charge in [-0.05, 0) is 31.2 Å². The molecule has 0 fully saturated rings. The van der Waals surface area contributed by atoms with Crippen LogP contribution in [0.5, 0.6) is 0 Å². The Morgan fingerprint density at radius 2 is 2.17 bits per heavy atom. The molecular weight excluding hydrogens is 326 g/mol. The Morgan fingerprint density at radius 1 is 1.30 bits per heavy atom. The summed E-state index contributed by atoms with van der Waals surface area (Å²) in [6, 6.07) is 12.4. The predicted octanol–water partition coefficient (Wildman–Crippen LogP) is 3.79. The van der Waals surface area contributed by atoms with Crippen molar-refractivity contribution < 1.29 is 4.79 Å². The van der Waals surface area contributed by atoms with Crippen LogP contribution in [0.4, 0.5) is 0 Å². The molecule has 1 aliphatic heterocycles. The molecule has 1 aliphatic rings. The molecule has 0 N–H and O–H groups in total. The Balaban J connectivity index is 1.44. The fourth-order valence-electron chi connectivity index (χ4n) is 3.04. The summed E-state index contributed by atoms with van der Waals surface area (Å²) in [5, 5.41) is 0. The Kier molecular flexibility index (Phi) is 3.87. The van der Waals surface area contributed by atoms with E-state index < -0.39 is 0 Å². The molecule has 4 nitrogen and oxygen atoms in total. The normalized spacial score (nSPS) is 17.4. The number of nitrogens with zero attached hydrogens (tertiary/aromatic N) is 3. The van der Waals surface area contributed by atoms with Crippen LogP contribution in [0.2, 0.25) is 0 Å². The monoisotopic (exact) mass is 343 g/mol. The van der Waals surface area contributed by atoms with Gasteiger partial charge in [-0.25, -0.2) is 4.98 Å². The first-order valence-electron chi connectivity index (χ1n) is 7.65. The summed E-state index contributed by atoms with van der Waals surface area (Å²) in [6.07, 6.45) is 2.09.